The van der Waals surface area contributed by atoms with Crippen LogP contribution in [0.2, 0.25) is 0 Å². The fourth-order valence-corrected chi connectivity index (χ4v) is 3.32. The zero-order valence-corrected chi connectivity index (χ0v) is 13.2. The molecule has 0 aliphatic heterocycles. The molecule has 1 atom stereocenters. The molecule has 152 valence electrons. The lowest BCUT2D eigenvalue weighted by molar-refractivity contribution is -0.273. The maximum Gasteiger partial charge on any atom is 0.463 e. The van der Waals surface area contributed by atoms with Gasteiger partial charge in [0, 0.05) is 0 Å². The Morgan fingerprint density at radius 2 is 1.20 bits per heavy atom. The lowest BCUT2D eigenvalue weighted by Gasteiger charge is -2.35. The molecule has 0 aromatic carbocycles. The van der Waals surface area contributed by atoms with Gasteiger partial charge >= 0.3 is 31.0 Å². The van der Waals surface area contributed by atoms with E-state index in [9.17, 15) is 48.5 Å². The molecule has 0 rings (SSSR count). The average Bonchev–Trinajstić information content (AvgIpc) is 2.40. The van der Waals surface area contributed by atoms with Gasteiger partial charge in [0.25, 0.3) is 0 Å². The van der Waals surface area contributed by atoms with Crippen molar-refractivity contribution in [1.29, 1.82) is 0 Å². The quantitative estimate of drug-likeness (QED) is 0.253. The molecule has 0 aliphatic rings. The fraction of sp³-hybridized carbons (Fsp3) is 1.00. The lowest BCUT2D eigenvalue weighted by Crippen LogP contribution is -2.49. The van der Waals surface area contributed by atoms with Crippen LogP contribution in [0.15, 0.2) is 0 Å². The smallest absolute Gasteiger partial charge is 0.330 e. The second-order valence-corrected chi connectivity index (χ2v) is 7.35. The second-order valence-electron chi connectivity index (χ2n) is 4.91. The average molecular weight is 416 g/mol. The van der Waals surface area contributed by atoms with Crippen LogP contribution >= 0.6 is 7.37 Å². The third-order valence-electron chi connectivity index (χ3n) is 2.90. The van der Waals surface area contributed by atoms with E-state index in [0.717, 1.165) is 0 Å². The van der Waals surface area contributed by atoms with E-state index in [1.165, 1.54) is 0 Å². The number of hydrogen-bond acceptors (Lipinski definition) is 4. The maximum absolute atomic E-state index is 13.2. The lowest BCUT2D eigenvalue weighted by atomic mass is 10.2. The van der Waals surface area contributed by atoms with Crippen molar-refractivity contribution in [3.63, 3.8) is 0 Å². The number of halogens is 10. The van der Waals surface area contributed by atoms with Crippen molar-refractivity contribution in [3.8, 4) is 0 Å². The van der Waals surface area contributed by atoms with E-state index in [0.29, 0.717) is 6.42 Å². The largest absolute Gasteiger partial charge is 0.463 e. The predicted octanol–water partition coefficient (Wildman–Crippen LogP) is 4.40. The molecular formula is C10H15F10N2O2P. The topological polar surface area (TPSA) is 78.3 Å². The highest BCUT2D eigenvalue weighted by atomic mass is 31.2. The van der Waals surface area contributed by atoms with Gasteiger partial charge in [-0.1, -0.05) is 6.42 Å². The van der Waals surface area contributed by atoms with Crippen LogP contribution in [0.4, 0.5) is 43.9 Å². The Morgan fingerprint density at radius 1 is 0.800 bits per heavy atom. The molecule has 0 saturated heterocycles. The van der Waals surface area contributed by atoms with E-state index in [1.807, 2.05) is 0 Å². The van der Waals surface area contributed by atoms with Gasteiger partial charge in [0.2, 0.25) is 0 Å². The Labute approximate surface area is 135 Å². The predicted molar refractivity (Wildman–Crippen MR) is 66.2 cm³/mol. The summed E-state index contributed by atoms with van der Waals surface area (Å²) in [6, 6.07) is 0. The van der Waals surface area contributed by atoms with Crippen LogP contribution in [0.3, 0.4) is 0 Å². The van der Waals surface area contributed by atoms with Crippen molar-refractivity contribution in [2.45, 2.75) is 55.6 Å². The molecule has 25 heavy (non-hydrogen) atoms. The zero-order chi connectivity index (χ0) is 20.3. The van der Waals surface area contributed by atoms with Crippen LogP contribution in [0.25, 0.3) is 0 Å². The molecule has 0 aromatic rings. The molecule has 1 unspecified atom stereocenters. The molecule has 0 aromatic heterocycles. The summed E-state index contributed by atoms with van der Waals surface area (Å²) in [5.74, 6) is 0. The highest BCUT2D eigenvalue weighted by Crippen LogP contribution is 2.77. The van der Waals surface area contributed by atoms with Crippen LogP contribution in [-0.2, 0) is 9.09 Å². The maximum atomic E-state index is 13.2. The van der Waals surface area contributed by atoms with E-state index in [-0.39, 0.29) is 19.4 Å². The van der Waals surface area contributed by atoms with Crippen molar-refractivity contribution in [1.82, 2.24) is 0 Å². The number of unbranched alkanes of at least 4 members (excludes halogenated alkanes) is 2. The highest BCUT2D eigenvalue weighted by Gasteiger charge is 2.85. The van der Waals surface area contributed by atoms with Gasteiger partial charge in [-0.2, -0.15) is 43.9 Å². The van der Waals surface area contributed by atoms with Crippen LogP contribution in [0.1, 0.15) is 25.7 Å². The molecule has 0 radical (unpaired) electrons. The van der Waals surface area contributed by atoms with E-state index < -0.39 is 43.7 Å². The molecule has 0 amide bonds. The molecule has 4 nitrogen and oxygen atoms in total. The van der Waals surface area contributed by atoms with Gasteiger partial charge in [-0.25, -0.2) is 0 Å². The zero-order valence-electron chi connectivity index (χ0n) is 12.3. The normalized spacial score (nSPS) is 16.2. The van der Waals surface area contributed by atoms with Gasteiger partial charge in [0.1, 0.15) is 6.23 Å². The molecule has 4 N–H and O–H groups in total. The third-order valence-corrected chi connectivity index (χ3v) is 5.45. The summed E-state index contributed by atoms with van der Waals surface area (Å²) in [6.07, 6.45) is -16.7. The standard InChI is InChI=1S/C10H15F10N2O2P/c11-7(12,13)9(17,18)25(23,10(19,20)8(14,15)16)24-6(22)4-2-1-3-5-21/h6H,1-5,21-22H2. The molecule has 0 bridgehead atoms. The van der Waals surface area contributed by atoms with Crippen molar-refractivity contribution >= 4 is 7.37 Å². The Balaban J connectivity index is 5.77. The minimum atomic E-state index is -8.05. The van der Waals surface area contributed by atoms with E-state index >= 15 is 0 Å². The number of hydrogen-bond donors (Lipinski definition) is 2. The molecule has 0 heterocycles. The Kier molecular flexibility index (Phi) is 7.78. The van der Waals surface area contributed by atoms with Gasteiger partial charge in [0.15, 0.2) is 0 Å². The summed E-state index contributed by atoms with van der Waals surface area (Å²) in [7, 11) is -8.05. The molecule has 0 saturated carbocycles. The van der Waals surface area contributed by atoms with Gasteiger partial charge in [-0.3, -0.25) is 4.57 Å². The fourth-order valence-electron chi connectivity index (χ4n) is 1.55. The minimum absolute atomic E-state index is 0.104. The van der Waals surface area contributed by atoms with E-state index in [1.54, 1.807) is 0 Å². The van der Waals surface area contributed by atoms with Crippen LogP contribution in [0, 0.1) is 0 Å². The van der Waals surface area contributed by atoms with Gasteiger partial charge in [-0.15, -0.1) is 0 Å². The second kappa shape index (κ2) is 7.97. The van der Waals surface area contributed by atoms with Crippen LogP contribution < -0.4 is 11.5 Å². The monoisotopic (exact) mass is 416 g/mol. The molecule has 0 spiro atoms. The highest BCUT2D eigenvalue weighted by molar-refractivity contribution is 7.61. The van der Waals surface area contributed by atoms with Crippen molar-refractivity contribution < 1.29 is 53.0 Å². The number of rotatable bonds is 9. The minimum Gasteiger partial charge on any atom is -0.330 e. The van der Waals surface area contributed by atoms with E-state index in [2.05, 4.69) is 4.52 Å². The number of nitrogens with two attached hydrogens (primary N) is 2. The SMILES string of the molecule is NCCCCCC(N)OP(=O)(C(F)(F)C(F)(F)F)C(F)(F)C(F)(F)F. The first-order valence-corrected chi connectivity index (χ1v) is 8.21. The first kappa shape index (κ1) is 24.4. The van der Waals surface area contributed by atoms with Gasteiger partial charge in [-0.05, 0) is 25.8 Å². The van der Waals surface area contributed by atoms with Gasteiger partial charge < -0.3 is 16.0 Å². The molecular weight excluding hydrogens is 401 g/mol. The molecule has 0 fully saturated rings. The summed E-state index contributed by atoms with van der Waals surface area (Å²) in [4.78, 5) is 0. The first-order chi connectivity index (χ1) is 11.0. The van der Waals surface area contributed by atoms with Crippen molar-refractivity contribution in [2.75, 3.05) is 6.54 Å². The Morgan fingerprint density at radius 3 is 1.52 bits per heavy atom. The van der Waals surface area contributed by atoms with Crippen molar-refractivity contribution in [2.24, 2.45) is 11.5 Å². The summed E-state index contributed by atoms with van der Waals surface area (Å²) in [5.41, 5.74) is -3.96. The third kappa shape index (κ3) is 4.98. The Hall–Kier alpha value is -0.590. The molecule has 0 aliphatic carbocycles. The Bertz CT molecular complexity index is 449. The summed E-state index contributed by atoms with van der Waals surface area (Å²) in [6.45, 7) is 0.160. The van der Waals surface area contributed by atoms with E-state index in [4.69, 9.17) is 11.5 Å². The number of alkyl halides is 10. The van der Waals surface area contributed by atoms with Gasteiger partial charge in [0.05, 0.1) is 0 Å². The summed E-state index contributed by atoms with van der Waals surface area (Å²) in [5, 5.41) is 0. The summed E-state index contributed by atoms with van der Waals surface area (Å²) >= 11 is 0. The first-order valence-electron chi connectivity index (χ1n) is 6.59. The van der Waals surface area contributed by atoms with Crippen molar-refractivity contribution in [3.05, 3.63) is 0 Å². The van der Waals surface area contributed by atoms with Crippen LogP contribution in [0.5, 0.6) is 0 Å². The molecule has 15 heteroatoms. The summed E-state index contributed by atoms with van der Waals surface area (Å²) < 4.78 is 142. The van der Waals surface area contributed by atoms with Crippen LogP contribution in [-0.4, -0.2) is 36.5 Å².